The Bertz CT molecular complexity index is 479. The number of amides is 1. The second-order valence-corrected chi connectivity index (χ2v) is 6.60. The molecule has 1 unspecified atom stereocenters. The summed E-state index contributed by atoms with van der Waals surface area (Å²) in [5.41, 5.74) is 0. The average molecular weight is 302 g/mol. The summed E-state index contributed by atoms with van der Waals surface area (Å²) in [6, 6.07) is 9.97. The molecule has 0 saturated carbocycles. The molecule has 1 N–H and O–H groups in total. The summed E-state index contributed by atoms with van der Waals surface area (Å²) in [5, 5.41) is 3.25. The second kappa shape index (κ2) is 7.14. The molecule has 1 aromatic rings. The third-order valence-electron chi connectivity index (χ3n) is 5.06. The molecule has 0 spiro atoms. The fourth-order valence-electron chi connectivity index (χ4n) is 3.20. The van der Waals surface area contributed by atoms with Crippen molar-refractivity contribution in [1.82, 2.24) is 10.2 Å². The number of hydrogen-bond donors (Lipinski definition) is 1. The van der Waals surface area contributed by atoms with Crippen molar-refractivity contribution in [2.45, 2.75) is 19.8 Å². The minimum atomic E-state index is 0.165. The Labute approximate surface area is 132 Å². The van der Waals surface area contributed by atoms with Crippen molar-refractivity contribution >= 4 is 5.91 Å². The zero-order chi connectivity index (χ0) is 15.4. The highest BCUT2D eigenvalue weighted by Crippen LogP contribution is 2.23. The molecule has 3 rings (SSSR count). The molecular weight excluding hydrogens is 276 g/mol. The molecule has 2 fully saturated rings. The van der Waals surface area contributed by atoms with Crippen LogP contribution in [0, 0.1) is 17.8 Å². The molecule has 0 bridgehead atoms. The van der Waals surface area contributed by atoms with Gasteiger partial charge in [-0.25, -0.2) is 0 Å². The highest BCUT2D eigenvalue weighted by molar-refractivity contribution is 5.79. The van der Waals surface area contributed by atoms with Crippen LogP contribution in [0.5, 0.6) is 5.75 Å². The lowest BCUT2D eigenvalue weighted by Gasteiger charge is -2.38. The van der Waals surface area contributed by atoms with Crippen molar-refractivity contribution in [3.8, 4) is 5.75 Å². The normalized spacial score (nSPS) is 21.2. The molecule has 1 aromatic carbocycles. The molecule has 22 heavy (non-hydrogen) atoms. The molecule has 2 heterocycles. The van der Waals surface area contributed by atoms with Gasteiger partial charge in [0.05, 0.1) is 6.61 Å². The first-order valence-electron chi connectivity index (χ1n) is 8.41. The largest absolute Gasteiger partial charge is 0.493 e. The third kappa shape index (κ3) is 3.61. The molecular formula is C18H26N2O2. The fraction of sp³-hybridized carbons (Fsp3) is 0.611. The molecule has 4 nitrogen and oxygen atoms in total. The van der Waals surface area contributed by atoms with Gasteiger partial charge >= 0.3 is 0 Å². The summed E-state index contributed by atoms with van der Waals surface area (Å²) in [5.74, 6) is 2.54. The molecule has 2 aliphatic heterocycles. The van der Waals surface area contributed by atoms with E-state index in [2.05, 4.69) is 17.1 Å². The monoisotopic (exact) mass is 302 g/mol. The maximum atomic E-state index is 12.5. The van der Waals surface area contributed by atoms with Gasteiger partial charge in [-0.1, -0.05) is 25.1 Å². The molecule has 2 saturated heterocycles. The van der Waals surface area contributed by atoms with Crippen LogP contribution in [0.2, 0.25) is 0 Å². The molecule has 1 amide bonds. The first-order valence-corrected chi connectivity index (χ1v) is 8.41. The van der Waals surface area contributed by atoms with Crippen molar-refractivity contribution in [2.24, 2.45) is 17.8 Å². The number of para-hydroxylation sites is 1. The van der Waals surface area contributed by atoms with E-state index in [0.717, 1.165) is 51.4 Å². The van der Waals surface area contributed by atoms with E-state index in [4.69, 9.17) is 4.74 Å². The number of likely N-dealkylation sites (tertiary alicyclic amines) is 1. The van der Waals surface area contributed by atoms with E-state index in [0.29, 0.717) is 17.7 Å². The minimum Gasteiger partial charge on any atom is -0.493 e. The maximum Gasteiger partial charge on any atom is 0.225 e. The molecule has 0 aromatic heterocycles. The van der Waals surface area contributed by atoms with E-state index >= 15 is 0 Å². The Morgan fingerprint density at radius 1 is 1.27 bits per heavy atom. The molecule has 2 aliphatic rings. The van der Waals surface area contributed by atoms with E-state index in [1.807, 2.05) is 30.3 Å². The Kier molecular flexibility index (Phi) is 4.98. The van der Waals surface area contributed by atoms with Crippen LogP contribution in [-0.4, -0.2) is 43.6 Å². The molecule has 1 atom stereocenters. The van der Waals surface area contributed by atoms with Crippen LogP contribution in [0.1, 0.15) is 19.8 Å². The van der Waals surface area contributed by atoms with Gasteiger partial charge in [-0.2, -0.15) is 0 Å². The Balaban J connectivity index is 1.41. The number of ether oxygens (including phenoxy) is 1. The van der Waals surface area contributed by atoms with Gasteiger partial charge in [-0.3, -0.25) is 4.79 Å². The van der Waals surface area contributed by atoms with Gasteiger partial charge < -0.3 is 15.0 Å². The van der Waals surface area contributed by atoms with E-state index in [-0.39, 0.29) is 5.92 Å². The molecule has 0 aliphatic carbocycles. The first-order chi connectivity index (χ1) is 10.7. The smallest absolute Gasteiger partial charge is 0.225 e. The lowest BCUT2D eigenvalue weighted by molar-refractivity contribution is -0.139. The van der Waals surface area contributed by atoms with E-state index in [9.17, 15) is 4.79 Å². The number of carbonyl (C=O) groups is 1. The zero-order valence-electron chi connectivity index (χ0n) is 13.3. The van der Waals surface area contributed by atoms with Crippen LogP contribution in [0.4, 0.5) is 0 Å². The Morgan fingerprint density at radius 3 is 2.55 bits per heavy atom. The summed E-state index contributed by atoms with van der Waals surface area (Å²) in [4.78, 5) is 14.5. The van der Waals surface area contributed by atoms with Gasteiger partial charge in [0, 0.05) is 19.0 Å². The van der Waals surface area contributed by atoms with Gasteiger partial charge in [0.1, 0.15) is 5.75 Å². The predicted molar refractivity (Wildman–Crippen MR) is 86.8 cm³/mol. The summed E-state index contributed by atoms with van der Waals surface area (Å²) in [6.45, 7) is 6.59. The summed E-state index contributed by atoms with van der Waals surface area (Å²) < 4.78 is 5.84. The maximum absolute atomic E-state index is 12.5. The topological polar surface area (TPSA) is 41.6 Å². The van der Waals surface area contributed by atoms with Crippen LogP contribution in [0.15, 0.2) is 30.3 Å². The number of benzene rings is 1. The van der Waals surface area contributed by atoms with Crippen LogP contribution in [0.3, 0.4) is 0 Å². The minimum absolute atomic E-state index is 0.165. The Morgan fingerprint density at radius 2 is 1.95 bits per heavy atom. The number of nitrogens with zero attached hydrogens (tertiary/aromatic N) is 1. The van der Waals surface area contributed by atoms with E-state index in [1.165, 1.54) is 0 Å². The van der Waals surface area contributed by atoms with Crippen molar-refractivity contribution in [3.63, 3.8) is 0 Å². The number of carbonyl (C=O) groups excluding carboxylic acids is 1. The quantitative estimate of drug-likeness (QED) is 0.906. The van der Waals surface area contributed by atoms with Gasteiger partial charge in [-0.15, -0.1) is 0 Å². The lowest BCUT2D eigenvalue weighted by atomic mass is 9.87. The number of rotatable bonds is 5. The number of hydrogen-bond acceptors (Lipinski definition) is 3. The molecule has 120 valence electrons. The van der Waals surface area contributed by atoms with E-state index in [1.54, 1.807) is 0 Å². The van der Waals surface area contributed by atoms with E-state index < -0.39 is 0 Å². The summed E-state index contributed by atoms with van der Waals surface area (Å²) in [7, 11) is 0. The van der Waals surface area contributed by atoms with Crippen molar-refractivity contribution in [3.05, 3.63) is 30.3 Å². The van der Waals surface area contributed by atoms with Gasteiger partial charge in [0.2, 0.25) is 5.91 Å². The number of nitrogens with one attached hydrogen (secondary N) is 1. The highest BCUT2D eigenvalue weighted by atomic mass is 16.5. The van der Waals surface area contributed by atoms with Crippen LogP contribution < -0.4 is 10.1 Å². The van der Waals surface area contributed by atoms with Crippen molar-refractivity contribution in [1.29, 1.82) is 0 Å². The SMILES string of the molecule is CC(C(=O)N1CCC(COc2ccccc2)CC1)C1CNC1. The van der Waals surface area contributed by atoms with Crippen molar-refractivity contribution in [2.75, 3.05) is 32.8 Å². The Hall–Kier alpha value is -1.55. The lowest BCUT2D eigenvalue weighted by Crippen LogP contribution is -2.51. The van der Waals surface area contributed by atoms with Crippen LogP contribution in [0.25, 0.3) is 0 Å². The average Bonchev–Trinajstić information content (AvgIpc) is 2.52. The predicted octanol–water partition coefficient (Wildman–Crippen LogP) is 2.16. The number of piperidine rings is 1. The van der Waals surface area contributed by atoms with Crippen LogP contribution >= 0.6 is 0 Å². The summed E-state index contributed by atoms with van der Waals surface area (Å²) >= 11 is 0. The van der Waals surface area contributed by atoms with Gasteiger partial charge in [0.25, 0.3) is 0 Å². The third-order valence-corrected chi connectivity index (χ3v) is 5.06. The zero-order valence-corrected chi connectivity index (χ0v) is 13.3. The van der Waals surface area contributed by atoms with Gasteiger partial charge in [0.15, 0.2) is 0 Å². The fourth-order valence-corrected chi connectivity index (χ4v) is 3.20. The second-order valence-electron chi connectivity index (χ2n) is 6.60. The molecule has 0 radical (unpaired) electrons. The van der Waals surface area contributed by atoms with Gasteiger partial charge in [-0.05, 0) is 49.9 Å². The van der Waals surface area contributed by atoms with Crippen LogP contribution in [-0.2, 0) is 4.79 Å². The van der Waals surface area contributed by atoms with Crippen molar-refractivity contribution < 1.29 is 9.53 Å². The highest BCUT2D eigenvalue weighted by Gasteiger charge is 2.33. The standard InChI is InChI=1S/C18H26N2O2/c1-14(16-11-19-12-16)18(21)20-9-7-15(8-10-20)13-22-17-5-3-2-4-6-17/h2-6,14-16,19H,7-13H2,1H3. The molecule has 4 heteroatoms. The first kappa shape index (κ1) is 15.3. The summed E-state index contributed by atoms with van der Waals surface area (Å²) in [6.07, 6.45) is 2.10.